The van der Waals surface area contributed by atoms with E-state index in [1.54, 1.807) is 6.07 Å². The molecule has 0 saturated carbocycles. The fourth-order valence-corrected chi connectivity index (χ4v) is 3.27. The molecule has 2 aromatic rings. The molecule has 2 amide bonds. The molecule has 1 aliphatic rings. The first kappa shape index (κ1) is 16.1. The van der Waals surface area contributed by atoms with Gasteiger partial charge in [-0.3, -0.25) is 0 Å². The van der Waals surface area contributed by atoms with E-state index in [4.69, 9.17) is 0 Å². The predicted molar refractivity (Wildman–Crippen MR) is 84.9 cm³/mol. The summed E-state index contributed by atoms with van der Waals surface area (Å²) in [6, 6.07) is 6.16. The van der Waals surface area contributed by atoms with E-state index < -0.39 is 27.7 Å². The number of halogens is 2. The number of sulfonamides is 1. The minimum Gasteiger partial charge on any atom is -0.307 e. The molecule has 24 heavy (non-hydrogen) atoms. The Balaban J connectivity index is 1.74. The van der Waals surface area contributed by atoms with Crippen molar-refractivity contribution in [3.63, 3.8) is 0 Å². The highest BCUT2D eigenvalue weighted by atomic mass is 32.2. The number of benzene rings is 2. The second-order valence-electron chi connectivity index (χ2n) is 5.16. The van der Waals surface area contributed by atoms with E-state index >= 15 is 0 Å². The summed E-state index contributed by atoms with van der Waals surface area (Å²) in [5.74, 6) is -2.22. The van der Waals surface area contributed by atoms with Gasteiger partial charge in [-0.05, 0) is 41.8 Å². The number of anilines is 1. The van der Waals surface area contributed by atoms with E-state index in [1.807, 2.05) is 16.9 Å². The summed E-state index contributed by atoms with van der Waals surface area (Å²) in [4.78, 5) is 11.8. The molecule has 1 aliphatic carbocycles. The van der Waals surface area contributed by atoms with E-state index in [1.165, 1.54) is 12.1 Å². The van der Waals surface area contributed by atoms with Gasteiger partial charge in [0.25, 0.3) is 10.0 Å². The topological polar surface area (TPSA) is 75.3 Å². The molecule has 8 heteroatoms. The molecular formula is C16H12F2N2O3S. The number of carbonyl (C=O) groups is 1. The van der Waals surface area contributed by atoms with E-state index in [0.29, 0.717) is 6.42 Å². The van der Waals surface area contributed by atoms with Gasteiger partial charge in [-0.15, -0.1) is 0 Å². The Bertz CT molecular complexity index is 956. The van der Waals surface area contributed by atoms with Gasteiger partial charge in [-0.25, -0.2) is 26.7 Å². The number of hydrogen-bond acceptors (Lipinski definition) is 3. The van der Waals surface area contributed by atoms with E-state index in [-0.39, 0.29) is 10.6 Å². The van der Waals surface area contributed by atoms with Gasteiger partial charge in [0.1, 0.15) is 0 Å². The zero-order chi connectivity index (χ0) is 17.3. The third kappa shape index (κ3) is 3.28. The third-order valence-electron chi connectivity index (χ3n) is 3.46. The molecule has 0 fully saturated rings. The molecule has 5 nitrogen and oxygen atoms in total. The van der Waals surface area contributed by atoms with Crippen LogP contribution in [0.4, 0.5) is 19.3 Å². The second kappa shape index (κ2) is 6.04. The molecule has 0 radical (unpaired) electrons. The van der Waals surface area contributed by atoms with Gasteiger partial charge in [0, 0.05) is 11.8 Å². The number of amides is 2. The van der Waals surface area contributed by atoms with Crippen molar-refractivity contribution in [3.05, 3.63) is 65.2 Å². The van der Waals surface area contributed by atoms with Gasteiger partial charge < -0.3 is 5.32 Å². The Kier molecular flexibility index (Phi) is 4.06. The summed E-state index contributed by atoms with van der Waals surface area (Å²) < 4.78 is 52.2. The molecule has 0 saturated heterocycles. The highest BCUT2D eigenvalue weighted by molar-refractivity contribution is 7.90. The number of hydrogen-bond donors (Lipinski definition) is 2. The van der Waals surface area contributed by atoms with Crippen molar-refractivity contribution in [1.82, 2.24) is 4.72 Å². The molecule has 0 unspecified atom stereocenters. The molecule has 3 rings (SSSR count). The van der Waals surface area contributed by atoms with Crippen LogP contribution in [0.3, 0.4) is 0 Å². The van der Waals surface area contributed by atoms with Crippen molar-refractivity contribution < 1.29 is 22.0 Å². The largest absolute Gasteiger partial charge is 0.333 e. The van der Waals surface area contributed by atoms with E-state index in [2.05, 4.69) is 5.32 Å². The van der Waals surface area contributed by atoms with Gasteiger partial charge in [0.05, 0.1) is 4.90 Å². The number of allylic oxidation sites excluding steroid dienone is 1. The molecule has 2 N–H and O–H groups in total. The quantitative estimate of drug-likeness (QED) is 0.893. The minimum atomic E-state index is -4.08. The number of nitrogens with one attached hydrogen (secondary N) is 2. The molecule has 0 bridgehead atoms. The Morgan fingerprint density at radius 2 is 1.83 bits per heavy atom. The minimum absolute atomic E-state index is 0.0506. The third-order valence-corrected chi connectivity index (χ3v) is 4.79. The molecule has 0 aromatic heterocycles. The van der Waals surface area contributed by atoms with Crippen LogP contribution in [0, 0.1) is 11.6 Å². The highest BCUT2D eigenvalue weighted by Crippen LogP contribution is 2.23. The monoisotopic (exact) mass is 350 g/mol. The molecule has 124 valence electrons. The fraction of sp³-hybridized carbons (Fsp3) is 0.0625. The Hall–Kier alpha value is -2.74. The standard InChI is InChI=1S/C16H12F2N2O3S/c17-14-7-5-12(9-15(14)18)19-16(21)20-24(22,23)13-6-4-10-2-1-3-11(10)8-13/h1-2,4-9H,3H2,(H2,19,20,21). The Morgan fingerprint density at radius 3 is 2.58 bits per heavy atom. The van der Waals surface area contributed by atoms with Gasteiger partial charge >= 0.3 is 6.03 Å². The van der Waals surface area contributed by atoms with Gasteiger partial charge in [-0.1, -0.05) is 18.2 Å². The molecule has 0 spiro atoms. The SMILES string of the molecule is O=C(Nc1ccc(F)c(F)c1)NS(=O)(=O)c1ccc2c(c1)CC=C2. The van der Waals surface area contributed by atoms with Crippen LogP contribution in [-0.4, -0.2) is 14.4 Å². The lowest BCUT2D eigenvalue weighted by Gasteiger charge is -2.10. The van der Waals surface area contributed by atoms with Crippen LogP contribution in [0.15, 0.2) is 47.4 Å². The molecule has 2 aromatic carbocycles. The first-order valence-electron chi connectivity index (χ1n) is 6.93. The van der Waals surface area contributed by atoms with Crippen LogP contribution in [0.5, 0.6) is 0 Å². The van der Waals surface area contributed by atoms with E-state index in [9.17, 15) is 22.0 Å². The summed E-state index contributed by atoms with van der Waals surface area (Å²) in [6.07, 6.45) is 4.42. The first-order chi connectivity index (χ1) is 11.3. The van der Waals surface area contributed by atoms with Crippen LogP contribution < -0.4 is 10.0 Å². The number of fused-ring (bicyclic) bond motifs is 1. The van der Waals surface area contributed by atoms with Crippen LogP contribution in [0.2, 0.25) is 0 Å². The predicted octanol–water partition coefficient (Wildman–Crippen LogP) is 3.04. The fourth-order valence-electron chi connectivity index (χ4n) is 2.31. The average Bonchev–Trinajstić information content (AvgIpc) is 2.98. The maximum atomic E-state index is 13.1. The van der Waals surface area contributed by atoms with Crippen LogP contribution in [0.1, 0.15) is 11.1 Å². The average molecular weight is 350 g/mol. The summed E-state index contributed by atoms with van der Waals surface area (Å²) >= 11 is 0. The summed E-state index contributed by atoms with van der Waals surface area (Å²) in [5, 5.41) is 2.14. The van der Waals surface area contributed by atoms with Crippen LogP contribution in [0.25, 0.3) is 6.08 Å². The lowest BCUT2D eigenvalue weighted by molar-refractivity contribution is 0.256. The van der Waals surface area contributed by atoms with Crippen LogP contribution >= 0.6 is 0 Å². The molecular weight excluding hydrogens is 338 g/mol. The lowest BCUT2D eigenvalue weighted by atomic mass is 10.1. The summed E-state index contributed by atoms with van der Waals surface area (Å²) in [5.41, 5.74) is 1.71. The number of carbonyl (C=O) groups excluding carboxylic acids is 1. The number of urea groups is 1. The Labute approximate surface area is 137 Å². The van der Waals surface area contributed by atoms with Crippen molar-refractivity contribution in [1.29, 1.82) is 0 Å². The molecule has 0 aliphatic heterocycles. The Morgan fingerprint density at radius 1 is 1.04 bits per heavy atom. The highest BCUT2D eigenvalue weighted by Gasteiger charge is 2.19. The second-order valence-corrected chi connectivity index (χ2v) is 6.84. The van der Waals surface area contributed by atoms with Crippen molar-refractivity contribution in [2.45, 2.75) is 11.3 Å². The van der Waals surface area contributed by atoms with Gasteiger partial charge in [0.15, 0.2) is 11.6 Å². The zero-order valence-electron chi connectivity index (χ0n) is 12.2. The molecule has 0 atom stereocenters. The normalized spacial score (nSPS) is 12.8. The molecule has 0 heterocycles. The maximum absolute atomic E-state index is 13.1. The zero-order valence-corrected chi connectivity index (χ0v) is 13.0. The lowest BCUT2D eigenvalue weighted by Crippen LogP contribution is -2.34. The van der Waals surface area contributed by atoms with Crippen molar-refractivity contribution in [3.8, 4) is 0 Å². The van der Waals surface area contributed by atoms with Crippen molar-refractivity contribution in [2.75, 3.05) is 5.32 Å². The van der Waals surface area contributed by atoms with Crippen LogP contribution in [-0.2, 0) is 16.4 Å². The van der Waals surface area contributed by atoms with Crippen molar-refractivity contribution >= 4 is 27.8 Å². The summed E-state index contributed by atoms with van der Waals surface area (Å²) in [7, 11) is -4.08. The van der Waals surface area contributed by atoms with Gasteiger partial charge in [0.2, 0.25) is 0 Å². The smallest absolute Gasteiger partial charge is 0.307 e. The van der Waals surface area contributed by atoms with Gasteiger partial charge in [-0.2, -0.15) is 0 Å². The van der Waals surface area contributed by atoms with E-state index in [0.717, 1.165) is 29.3 Å². The summed E-state index contributed by atoms with van der Waals surface area (Å²) in [6.45, 7) is 0. The number of rotatable bonds is 3. The van der Waals surface area contributed by atoms with Crippen molar-refractivity contribution in [2.24, 2.45) is 0 Å². The first-order valence-corrected chi connectivity index (χ1v) is 8.42. The maximum Gasteiger partial charge on any atom is 0.333 e.